The minimum Gasteiger partial charge on any atom is -0.392 e. The molecule has 0 heterocycles. The molecule has 0 saturated carbocycles. The maximum Gasteiger partial charge on any atom is 0.0567 e. The van der Waals surface area contributed by atoms with Crippen LogP contribution in [-0.4, -0.2) is 11.5 Å². The third-order valence-electron chi connectivity index (χ3n) is 0. The third-order valence-corrected chi connectivity index (χ3v) is 0. The van der Waals surface area contributed by atoms with E-state index in [-0.39, 0.29) is 12.5 Å². The van der Waals surface area contributed by atoms with Crippen molar-refractivity contribution in [2.75, 3.05) is 6.35 Å². The summed E-state index contributed by atoms with van der Waals surface area (Å²) in [6.07, 6.45) is 0.167. The fraction of sp³-hybridized carbons (Fsp3) is 1.00. The molecule has 0 aliphatic carbocycles. The average Bonchev–Trinajstić information content (AvgIpc) is 0.918. The van der Waals surface area contributed by atoms with E-state index in [1.807, 2.05) is 0 Å². The number of rotatable bonds is 0. The van der Waals surface area contributed by atoms with Crippen LogP contribution in [0.1, 0.15) is 0 Å². The molecule has 0 bridgehead atoms. The van der Waals surface area contributed by atoms with Crippen molar-refractivity contribution in [1.82, 2.24) is 6.15 Å². The van der Waals surface area contributed by atoms with Gasteiger partial charge in [0.2, 0.25) is 0 Å². The second-order valence-electron chi connectivity index (χ2n) is 0.183. The summed E-state index contributed by atoms with van der Waals surface area (Å²) >= 11 is 0. The van der Waals surface area contributed by atoms with Gasteiger partial charge in [-0.25, -0.2) is 0 Å². The lowest BCUT2D eigenvalue weighted by Gasteiger charge is -1.53. The largest absolute Gasteiger partial charge is 0.392 e. The van der Waals surface area contributed by atoms with E-state index in [0.717, 1.165) is 0 Å². The Labute approximate surface area is 28.0 Å². The van der Waals surface area contributed by atoms with Crippen molar-refractivity contribution in [3.05, 3.63) is 0 Å². The Kier molecular flexibility index (Phi) is 22.4. The molecule has 3 heteroatoms. The van der Waals surface area contributed by atoms with Crippen LogP contribution in [0.25, 0.3) is 0 Å². The first kappa shape index (κ1) is 8.84. The van der Waals surface area contributed by atoms with Gasteiger partial charge in [-0.1, -0.05) is 0 Å². The number of aliphatic hydroxyl groups is 1. The molecule has 2 nitrogen and oxygen atoms in total. The molecule has 1 atom stereocenters. The molecular weight excluding hydrogens is 73.0 g/mol. The summed E-state index contributed by atoms with van der Waals surface area (Å²) in [6, 6.07) is 0. The maximum atomic E-state index is 7.53. The van der Waals surface area contributed by atoms with Gasteiger partial charge in [0, 0.05) is 6.15 Å². The molecule has 0 amide bonds. The van der Waals surface area contributed by atoms with E-state index in [2.05, 4.69) is 9.24 Å². The molecule has 0 aromatic heterocycles. The fourth-order valence-electron chi connectivity index (χ4n) is 0. The van der Waals surface area contributed by atoms with E-state index in [1.54, 1.807) is 0 Å². The van der Waals surface area contributed by atoms with Crippen molar-refractivity contribution in [3.63, 3.8) is 0 Å². The van der Waals surface area contributed by atoms with Crippen LogP contribution < -0.4 is 6.15 Å². The Morgan fingerprint density at radius 2 is 1.75 bits per heavy atom. The van der Waals surface area contributed by atoms with Gasteiger partial charge in [0.05, 0.1) is 6.35 Å². The molecule has 3 radical (unpaired) electrons. The van der Waals surface area contributed by atoms with Crippen LogP contribution in [0.15, 0.2) is 0 Å². The van der Waals surface area contributed by atoms with Gasteiger partial charge in [-0.3, -0.25) is 0 Å². The normalized spacial score (nSPS) is 4.50. The highest BCUT2D eigenvalue weighted by Gasteiger charge is 1.33. The van der Waals surface area contributed by atoms with Gasteiger partial charge in [-0.2, -0.15) is 0 Å². The molecule has 0 rings (SSSR count). The first-order valence-electron chi connectivity index (χ1n) is 0.724. The molecule has 25 valence electrons. The van der Waals surface area contributed by atoms with Gasteiger partial charge in [-0.15, -0.1) is 9.24 Å². The molecule has 0 spiro atoms. The molecule has 0 saturated heterocycles. The molecule has 4 heavy (non-hydrogen) atoms. The Morgan fingerprint density at radius 1 is 1.75 bits per heavy atom. The lowest BCUT2D eigenvalue weighted by molar-refractivity contribution is 0.375. The highest BCUT2D eigenvalue weighted by Crippen LogP contribution is 1.63. The van der Waals surface area contributed by atoms with Crippen molar-refractivity contribution < 1.29 is 5.11 Å². The topological polar surface area (TPSA) is 50.7 Å². The van der Waals surface area contributed by atoms with E-state index in [1.165, 1.54) is 0 Å². The monoisotopic (exact) mass is 78.0 g/mol. The summed E-state index contributed by atoms with van der Waals surface area (Å²) in [7, 11) is 2.13. The Balaban J connectivity index is 0. The van der Waals surface area contributed by atoms with Crippen molar-refractivity contribution in [2.24, 2.45) is 0 Å². The minimum atomic E-state index is 0. The van der Waals surface area contributed by atoms with E-state index in [9.17, 15) is 0 Å². The Morgan fingerprint density at radius 3 is 1.75 bits per heavy atom. The van der Waals surface area contributed by atoms with Crippen LogP contribution >= 0.6 is 9.24 Å². The molecule has 0 aliphatic heterocycles. The van der Waals surface area contributed by atoms with Crippen molar-refractivity contribution in [2.45, 2.75) is 0 Å². The van der Waals surface area contributed by atoms with Crippen LogP contribution in [0.4, 0.5) is 0 Å². The highest BCUT2D eigenvalue weighted by molar-refractivity contribution is 7.16. The van der Waals surface area contributed by atoms with Gasteiger partial charge in [0.1, 0.15) is 0 Å². The zero-order chi connectivity index (χ0) is 2.71. The van der Waals surface area contributed by atoms with E-state index < -0.39 is 0 Å². The predicted octanol–water partition coefficient (Wildman–Crippen LogP) is -0.669. The van der Waals surface area contributed by atoms with Gasteiger partial charge < -0.3 is 5.11 Å². The van der Waals surface area contributed by atoms with Gasteiger partial charge >= 0.3 is 0 Å². The summed E-state index contributed by atoms with van der Waals surface area (Å²) in [5, 5.41) is 7.53. The quantitative estimate of drug-likeness (QED) is 0.384. The maximum absolute atomic E-state index is 7.53. The Bertz CT molecular complexity index is 8.00. The van der Waals surface area contributed by atoms with Crippen LogP contribution in [0.5, 0.6) is 0 Å². The molecule has 1 N–H and O–H groups in total. The van der Waals surface area contributed by atoms with E-state index in [0.29, 0.717) is 0 Å². The standard InChI is InChI=1S/CH5OP.N/c2-1-3;/h2H,1,3H2;. The fourth-order valence-corrected chi connectivity index (χ4v) is 0. The summed E-state index contributed by atoms with van der Waals surface area (Å²) in [6.45, 7) is 0. The lowest BCUT2D eigenvalue weighted by atomic mass is 11.7. The summed E-state index contributed by atoms with van der Waals surface area (Å²) in [5.74, 6) is 0. The third kappa shape index (κ3) is 35.0. The zero-order valence-corrected chi connectivity index (χ0v) is 3.33. The SMILES string of the molecule is OCP.[N]. The van der Waals surface area contributed by atoms with Gasteiger partial charge in [0.15, 0.2) is 0 Å². The summed E-state index contributed by atoms with van der Waals surface area (Å²) in [4.78, 5) is 0. The van der Waals surface area contributed by atoms with Crippen molar-refractivity contribution in [3.8, 4) is 0 Å². The van der Waals surface area contributed by atoms with E-state index in [4.69, 9.17) is 5.11 Å². The average molecular weight is 78.0 g/mol. The molecule has 1 unspecified atom stereocenters. The zero-order valence-electron chi connectivity index (χ0n) is 2.18. The second-order valence-corrected chi connectivity index (χ2v) is 0.548. The second kappa shape index (κ2) is 10.2. The smallest absolute Gasteiger partial charge is 0.0567 e. The molecule has 0 aromatic rings. The number of hydrogen-bond acceptors (Lipinski definition) is 1. The highest BCUT2D eigenvalue weighted by atomic mass is 31.0. The first-order chi connectivity index (χ1) is 1.41. The summed E-state index contributed by atoms with van der Waals surface area (Å²) < 4.78 is 0. The van der Waals surface area contributed by atoms with Crippen LogP contribution in [0, 0.1) is 0 Å². The molecular formula is CH5NOP. The van der Waals surface area contributed by atoms with Crippen molar-refractivity contribution >= 4 is 9.24 Å². The molecule has 0 aliphatic rings. The number of hydrogen-bond donors (Lipinski definition) is 1. The molecule has 0 aromatic carbocycles. The van der Waals surface area contributed by atoms with Crippen molar-refractivity contribution in [1.29, 1.82) is 0 Å². The van der Waals surface area contributed by atoms with Crippen LogP contribution in [0.2, 0.25) is 0 Å². The predicted molar refractivity (Wildman–Crippen MR) is 18.9 cm³/mol. The van der Waals surface area contributed by atoms with Crippen LogP contribution in [0.3, 0.4) is 0 Å². The number of nitrogens with zero attached hydrogens (tertiary/aromatic N) is 1. The minimum absolute atomic E-state index is 0. The summed E-state index contributed by atoms with van der Waals surface area (Å²) in [5.41, 5.74) is 0. The molecule has 0 fully saturated rings. The Hall–Kier alpha value is 0.350. The van der Waals surface area contributed by atoms with E-state index >= 15 is 0 Å². The number of aliphatic hydroxyl groups excluding tert-OH is 1. The lowest BCUT2D eigenvalue weighted by Crippen LogP contribution is -1.47. The van der Waals surface area contributed by atoms with Gasteiger partial charge in [-0.05, 0) is 0 Å². The first-order valence-corrected chi connectivity index (χ1v) is 1.54. The van der Waals surface area contributed by atoms with Gasteiger partial charge in [0.25, 0.3) is 0 Å². The van der Waals surface area contributed by atoms with Crippen LogP contribution in [-0.2, 0) is 0 Å².